The van der Waals surface area contributed by atoms with Gasteiger partial charge in [-0.25, -0.2) is 0 Å². The Morgan fingerprint density at radius 1 is 1.38 bits per heavy atom. The highest BCUT2D eigenvalue weighted by molar-refractivity contribution is 6.42. The third-order valence-electron chi connectivity index (χ3n) is 2.47. The smallest absolute Gasteiger partial charge is 0.323 e. The quantitative estimate of drug-likeness (QED) is 0.848. The highest BCUT2D eigenvalue weighted by Gasteiger charge is 2.25. The van der Waals surface area contributed by atoms with Crippen molar-refractivity contribution >= 4 is 29.2 Å². The van der Waals surface area contributed by atoms with Crippen molar-refractivity contribution in [2.75, 3.05) is 6.61 Å². The molecule has 0 aromatic heterocycles. The zero-order chi connectivity index (χ0) is 11.5. The Balaban J connectivity index is 1.94. The van der Waals surface area contributed by atoms with Crippen molar-refractivity contribution in [3.63, 3.8) is 0 Å². The first kappa shape index (κ1) is 11.7. The second kappa shape index (κ2) is 5.04. The molecular weight excluding hydrogens is 249 g/mol. The van der Waals surface area contributed by atoms with Gasteiger partial charge >= 0.3 is 5.97 Å². The van der Waals surface area contributed by atoms with Gasteiger partial charge < -0.3 is 10.1 Å². The van der Waals surface area contributed by atoms with Crippen molar-refractivity contribution in [1.82, 2.24) is 5.32 Å². The van der Waals surface area contributed by atoms with E-state index in [2.05, 4.69) is 5.32 Å². The van der Waals surface area contributed by atoms with E-state index in [4.69, 9.17) is 27.9 Å². The minimum atomic E-state index is -0.200. The molecule has 0 bridgehead atoms. The molecule has 1 N–H and O–H groups in total. The number of nitrogens with one attached hydrogen (secondary N) is 1. The molecule has 1 heterocycles. The predicted octanol–water partition coefficient (Wildman–Crippen LogP) is 2.40. The van der Waals surface area contributed by atoms with E-state index in [1.165, 1.54) is 0 Å². The number of halogens is 2. The number of rotatable bonds is 3. The Hall–Kier alpha value is -0.770. The van der Waals surface area contributed by atoms with Gasteiger partial charge in [-0.15, -0.1) is 0 Å². The van der Waals surface area contributed by atoms with Crippen LogP contribution in [0.1, 0.15) is 12.0 Å². The molecule has 0 spiro atoms. The Bertz CT molecular complexity index is 409. The third-order valence-corrected chi connectivity index (χ3v) is 3.21. The number of hydrogen-bond donors (Lipinski definition) is 1. The molecule has 1 aromatic carbocycles. The van der Waals surface area contributed by atoms with E-state index >= 15 is 0 Å². The van der Waals surface area contributed by atoms with E-state index in [1.807, 2.05) is 6.07 Å². The highest BCUT2D eigenvalue weighted by Crippen LogP contribution is 2.22. The summed E-state index contributed by atoms with van der Waals surface area (Å²) in [4.78, 5) is 11.2. The summed E-state index contributed by atoms with van der Waals surface area (Å²) < 4.78 is 4.85. The summed E-state index contributed by atoms with van der Waals surface area (Å²) in [5.41, 5.74) is 0.995. The fraction of sp³-hybridized carbons (Fsp3) is 0.364. The first-order chi connectivity index (χ1) is 7.66. The van der Waals surface area contributed by atoms with Gasteiger partial charge in [0.05, 0.1) is 16.7 Å². The molecule has 16 heavy (non-hydrogen) atoms. The predicted molar refractivity (Wildman–Crippen MR) is 62.7 cm³/mol. The number of benzene rings is 1. The van der Waals surface area contributed by atoms with Crippen LogP contribution < -0.4 is 5.32 Å². The maximum Gasteiger partial charge on any atom is 0.323 e. The van der Waals surface area contributed by atoms with E-state index in [0.29, 0.717) is 23.2 Å². The molecule has 1 aliphatic rings. The molecule has 2 rings (SSSR count). The monoisotopic (exact) mass is 259 g/mol. The van der Waals surface area contributed by atoms with E-state index in [0.717, 1.165) is 12.0 Å². The molecule has 0 aliphatic carbocycles. The number of hydrogen-bond acceptors (Lipinski definition) is 3. The molecule has 1 aliphatic heterocycles. The van der Waals surface area contributed by atoms with Crippen molar-refractivity contribution < 1.29 is 9.53 Å². The molecule has 0 saturated carbocycles. The van der Waals surface area contributed by atoms with Crippen molar-refractivity contribution in [2.24, 2.45) is 0 Å². The second-order valence-electron chi connectivity index (χ2n) is 3.64. The fourth-order valence-electron chi connectivity index (χ4n) is 1.57. The first-order valence-electron chi connectivity index (χ1n) is 5.01. The summed E-state index contributed by atoms with van der Waals surface area (Å²) in [7, 11) is 0. The number of carbonyl (C=O) groups excluding carboxylic acids is 1. The van der Waals surface area contributed by atoms with Crippen LogP contribution in [0.4, 0.5) is 0 Å². The van der Waals surface area contributed by atoms with E-state index in [9.17, 15) is 4.79 Å². The maximum absolute atomic E-state index is 11.2. The zero-order valence-electron chi connectivity index (χ0n) is 8.50. The Kier molecular flexibility index (Phi) is 3.69. The van der Waals surface area contributed by atoms with Gasteiger partial charge in [0.25, 0.3) is 0 Å². The van der Waals surface area contributed by atoms with E-state index in [1.54, 1.807) is 12.1 Å². The lowest BCUT2D eigenvalue weighted by atomic mass is 10.2. The summed E-state index contributed by atoms with van der Waals surface area (Å²) in [5, 5.41) is 4.17. The largest absolute Gasteiger partial charge is 0.464 e. The Morgan fingerprint density at radius 2 is 2.19 bits per heavy atom. The van der Waals surface area contributed by atoms with E-state index < -0.39 is 0 Å². The van der Waals surface area contributed by atoms with Gasteiger partial charge in [0, 0.05) is 13.0 Å². The van der Waals surface area contributed by atoms with Crippen LogP contribution in [0.3, 0.4) is 0 Å². The SMILES string of the molecule is O=C1OCCC1NCc1ccc(Cl)c(Cl)c1. The number of ether oxygens (including phenoxy) is 1. The van der Waals surface area contributed by atoms with Crippen molar-refractivity contribution in [3.8, 4) is 0 Å². The van der Waals surface area contributed by atoms with Crippen LogP contribution >= 0.6 is 23.2 Å². The van der Waals surface area contributed by atoms with Crippen LogP contribution in [0, 0.1) is 0 Å². The van der Waals surface area contributed by atoms with Gasteiger partial charge in [-0.2, -0.15) is 0 Å². The summed E-state index contributed by atoms with van der Waals surface area (Å²) in [6.45, 7) is 1.08. The summed E-state index contributed by atoms with van der Waals surface area (Å²) in [6.07, 6.45) is 0.722. The summed E-state index contributed by atoms with van der Waals surface area (Å²) >= 11 is 11.7. The molecule has 1 saturated heterocycles. The molecule has 3 nitrogen and oxygen atoms in total. The molecule has 1 atom stereocenters. The molecular formula is C11H11Cl2NO2. The van der Waals surface area contributed by atoms with Crippen LogP contribution in [0.5, 0.6) is 0 Å². The third kappa shape index (κ3) is 2.67. The number of cyclic esters (lactones) is 1. The Morgan fingerprint density at radius 3 is 2.81 bits per heavy atom. The topological polar surface area (TPSA) is 38.3 Å². The summed E-state index contributed by atoms with van der Waals surface area (Å²) in [6, 6.07) is 5.21. The second-order valence-corrected chi connectivity index (χ2v) is 4.45. The normalized spacial score (nSPS) is 19.9. The maximum atomic E-state index is 11.2. The van der Waals surface area contributed by atoms with Gasteiger partial charge in [-0.1, -0.05) is 29.3 Å². The van der Waals surface area contributed by atoms with Crippen LogP contribution in [0.15, 0.2) is 18.2 Å². The molecule has 5 heteroatoms. The molecule has 0 amide bonds. The van der Waals surface area contributed by atoms with Gasteiger partial charge in [-0.05, 0) is 17.7 Å². The van der Waals surface area contributed by atoms with Crippen LogP contribution in [0.25, 0.3) is 0 Å². The van der Waals surface area contributed by atoms with Crippen LogP contribution in [-0.2, 0) is 16.1 Å². The highest BCUT2D eigenvalue weighted by atomic mass is 35.5. The standard InChI is InChI=1S/C11H11Cl2NO2/c12-8-2-1-7(5-9(8)13)6-14-10-3-4-16-11(10)15/h1-2,5,10,14H,3-4,6H2. The Labute approximate surface area is 104 Å². The molecule has 0 radical (unpaired) electrons. The molecule has 1 aromatic rings. The van der Waals surface area contributed by atoms with Crippen molar-refractivity contribution in [1.29, 1.82) is 0 Å². The van der Waals surface area contributed by atoms with Gasteiger partial charge in [0.1, 0.15) is 6.04 Å². The molecule has 1 unspecified atom stereocenters. The minimum Gasteiger partial charge on any atom is -0.464 e. The number of esters is 1. The molecule has 1 fully saturated rings. The van der Waals surface area contributed by atoms with Gasteiger partial charge in [0.2, 0.25) is 0 Å². The zero-order valence-corrected chi connectivity index (χ0v) is 10.0. The minimum absolute atomic E-state index is 0.180. The van der Waals surface area contributed by atoms with Crippen molar-refractivity contribution in [3.05, 3.63) is 33.8 Å². The van der Waals surface area contributed by atoms with Crippen molar-refractivity contribution in [2.45, 2.75) is 19.0 Å². The van der Waals surface area contributed by atoms with E-state index in [-0.39, 0.29) is 12.0 Å². The van der Waals surface area contributed by atoms with Gasteiger partial charge in [0.15, 0.2) is 0 Å². The van der Waals surface area contributed by atoms with Crippen LogP contribution in [0.2, 0.25) is 10.0 Å². The lowest BCUT2D eigenvalue weighted by Gasteiger charge is -2.09. The average Bonchev–Trinajstić information content (AvgIpc) is 2.66. The van der Waals surface area contributed by atoms with Crippen LogP contribution in [-0.4, -0.2) is 18.6 Å². The lowest BCUT2D eigenvalue weighted by Crippen LogP contribution is -2.32. The lowest BCUT2D eigenvalue weighted by molar-refractivity contribution is -0.139. The number of carbonyl (C=O) groups is 1. The summed E-state index contributed by atoms with van der Waals surface area (Å²) in [5.74, 6) is -0.180. The van der Waals surface area contributed by atoms with Gasteiger partial charge in [-0.3, -0.25) is 4.79 Å². The average molecular weight is 260 g/mol. The first-order valence-corrected chi connectivity index (χ1v) is 5.76. The molecule has 86 valence electrons. The fourth-order valence-corrected chi connectivity index (χ4v) is 1.89.